The lowest BCUT2D eigenvalue weighted by Gasteiger charge is -2.48. The molecule has 166 valence electrons. The Labute approximate surface area is 193 Å². The quantitative estimate of drug-likeness (QED) is 0.317. The van der Waals surface area contributed by atoms with E-state index in [-0.39, 0.29) is 23.0 Å². The smallest absolute Gasteiger partial charge is 0.115 e. The van der Waals surface area contributed by atoms with Crippen LogP contribution in [0.2, 0.25) is 0 Å². The molecule has 0 saturated heterocycles. The van der Waals surface area contributed by atoms with Crippen LogP contribution in [0.1, 0.15) is 41.5 Å². The number of aromatic hydroxyl groups is 4. The first kappa shape index (κ1) is 21.0. The minimum Gasteiger partial charge on any atom is -0.508 e. The van der Waals surface area contributed by atoms with Crippen LogP contribution >= 0.6 is 0 Å². The largest absolute Gasteiger partial charge is 0.508 e. The maximum Gasteiger partial charge on any atom is 0.115 e. The van der Waals surface area contributed by atoms with E-state index in [1.807, 2.05) is 48.5 Å². The lowest BCUT2D eigenvalue weighted by atomic mass is 9.53. The summed E-state index contributed by atoms with van der Waals surface area (Å²) < 4.78 is 0. The Morgan fingerprint density at radius 1 is 0.364 bits per heavy atom. The van der Waals surface area contributed by atoms with E-state index in [0.29, 0.717) is 0 Å². The first-order chi connectivity index (χ1) is 16.0. The van der Waals surface area contributed by atoms with Gasteiger partial charge in [-0.25, -0.2) is 0 Å². The van der Waals surface area contributed by atoms with Crippen molar-refractivity contribution >= 4 is 0 Å². The zero-order valence-electron chi connectivity index (χ0n) is 18.1. The third-order valence-electron chi connectivity index (χ3n) is 7.27. The zero-order chi connectivity index (χ0) is 23.1. The normalized spacial score (nSPS) is 16.5. The van der Waals surface area contributed by atoms with Crippen molar-refractivity contribution in [1.82, 2.24) is 0 Å². The predicted octanol–water partition coefficient (Wildman–Crippen LogP) is 5.97. The molecular weight excluding hydrogens is 412 g/mol. The molecule has 1 aliphatic carbocycles. The molecule has 0 aliphatic heterocycles. The maximum absolute atomic E-state index is 10.0. The van der Waals surface area contributed by atoms with Gasteiger partial charge in [0.2, 0.25) is 0 Å². The van der Waals surface area contributed by atoms with Crippen LogP contribution < -0.4 is 0 Å². The Balaban J connectivity index is 1.89. The van der Waals surface area contributed by atoms with Crippen molar-refractivity contribution in [3.05, 3.63) is 119 Å². The van der Waals surface area contributed by atoms with E-state index in [1.165, 1.54) is 0 Å². The summed E-state index contributed by atoms with van der Waals surface area (Å²) in [5, 5.41) is 40.1. The standard InChI is InChI=1S/C29H26O4/c30-24-10-2-20(3-11-24)28(21-4-12-25(31)13-5-21)18-1-19-29(28,22-6-14-26(32)15-7-22)23-8-16-27(33)17-9-23/h2-17,30-33H,1,18-19H2. The van der Waals surface area contributed by atoms with Crippen LogP contribution in [0.15, 0.2) is 97.1 Å². The maximum atomic E-state index is 10.0. The minimum atomic E-state index is -0.512. The number of phenolic OH excluding ortho intramolecular Hbond substituents is 4. The van der Waals surface area contributed by atoms with Gasteiger partial charge in [0.1, 0.15) is 23.0 Å². The zero-order valence-corrected chi connectivity index (χ0v) is 18.1. The molecule has 0 bridgehead atoms. The highest BCUT2D eigenvalue weighted by atomic mass is 16.3. The van der Waals surface area contributed by atoms with Crippen molar-refractivity contribution in [2.75, 3.05) is 0 Å². The number of hydrogen-bond acceptors (Lipinski definition) is 4. The lowest BCUT2D eigenvalue weighted by molar-refractivity contribution is 0.358. The van der Waals surface area contributed by atoms with Crippen LogP contribution in [0.4, 0.5) is 0 Å². The molecule has 4 N–H and O–H groups in total. The summed E-state index contributed by atoms with van der Waals surface area (Å²) in [7, 11) is 0. The fourth-order valence-corrected chi connectivity index (χ4v) is 5.93. The van der Waals surface area contributed by atoms with E-state index >= 15 is 0 Å². The summed E-state index contributed by atoms with van der Waals surface area (Å²) in [6.07, 6.45) is 2.65. The van der Waals surface area contributed by atoms with Gasteiger partial charge in [-0.3, -0.25) is 0 Å². The monoisotopic (exact) mass is 438 g/mol. The third kappa shape index (κ3) is 3.21. The average molecular weight is 439 g/mol. The number of rotatable bonds is 4. The summed E-state index contributed by atoms with van der Waals surface area (Å²) in [5.41, 5.74) is 3.22. The number of hydrogen-bond donors (Lipinski definition) is 4. The van der Waals surface area contributed by atoms with E-state index in [2.05, 4.69) is 0 Å². The van der Waals surface area contributed by atoms with Crippen LogP contribution in [-0.4, -0.2) is 20.4 Å². The van der Waals surface area contributed by atoms with Crippen LogP contribution in [0, 0.1) is 0 Å². The van der Waals surface area contributed by atoms with Gasteiger partial charge < -0.3 is 20.4 Å². The van der Waals surface area contributed by atoms with Gasteiger partial charge in [-0.05, 0) is 83.6 Å². The van der Waals surface area contributed by atoms with Crippen LogP contribution in [0.25, 0.3) is 0 Å². The molecule has 0 amide bonds. The van der Waals surface area contributed by atoms with Gasteiger partial charge in [-0.2, -0.15) is 0 Å². The molecule has 1 saturated carbocycles. The van der Waals surface area contributed by atoms with Crippen molar-refractivity contribution in [3.8, 4) is 23.0 Å². The second-order valence-corrected chi connectivity index (χ2v) is 8.85. The molecule has 0 aromatic heterocycles. The summed E-state index contributed by atoms with van der Waals surface area (Å²) >= 11 is 0. The topological polar surface area (TPSA) is 80.9 Å². The highest BCUT2D eigenvalue weighted by Gasteiger charge is 2.58. The molecule has 4 aromatic carbocycles. The Bertz CT molecular complexity index is 1050. The van der Waals surface area contributed by atoms with Crippen molar-refractivity contribution in [1.29, 1.82) is 0 Å². The molecule has 0 heterocycles. The molecule has 0 spiro atoms. The minimum absolute atomic E-state index is 0.206. The van der Waals surface area contributed by atoms with Gasteiger partial charge in [0.15, 0.2) is 0 Å². The van der Waals surface area contributed by atoms with Crippen molar-refractivity contribution in [2.24, 2.45) is 0 Å². The molecule has 1 aliphatic rings. The highest BCUT2D eigenvalue weighted by Crippen LogP contribution is 2.62. The van der Waals surface area contributed by atoms with Crippen LogP contribution in [-0.2, 0) is 10.8 Å². The van der Waals surface area contributed by atoms with Gasteiger partial charge in [-0.15, -0.1) is 0 Å². The molecule has 1 fully saturated rings. The number of benzene rings is 4. The van der Waals surface area contributed by atoms with E-state index in [1.54, 1.807) is 48.5 Å². The fraction of sp³-hybridized carbons (Fsp3) is 0.172. The highest BCUT2D eigenvalue weighted by molar-refractivity contribution is 5.58. The van der Waals surface area contributed by atoms with Gasteiger partial charge in [0, 0.05) is 10.8 Å². The van der Waals surface area contributed by atoms with Gasteiger partial charge in [-0.1, -0.05) is 55.0 Å². The van der Waals surface area contributed by atoms with Gasteiger partial charge >= 0.3 is 0 Å². The second-order valence-electron chi connectivity index (χ2n) is 8.85. The van der Waals surface area contributed by atoms with Gasteiger partial charge in [0.05, 0.1) is 0 Å². The van der Waals surface area contributed by atoms with E-state index in [4.69, 9.17) is 0 Å². The average Bonchev–Trinajstić information content (AvgIpc) is 3.23. The molecule has 0 atom stereocenters. The van der Waals surface area contributed by atoms with Crippen LogP contribution in [0.3, 0.4) is 0 Å². The second kappa shape index (κ2) is 7.89. The van der Waals surface area contributed by atoms with E-state index in [0.717, 1.165) is 41.5 Å². The molecule has 4 aromatic rings. The molecule has 4 heteroatoms. The third-order valence-corrected chi connectivity index (χ3v) is 7.27. The van der Waals surface area contributed by atoms with E-state index < -0.39 is 10.8 Å². The summed E-state index contributed by atoms with van der Waals surface area (Å²) in [6, 6.07) is 29.5. The fourth-order valence-electron chi connectivity index (χ4n) is 5.93. The van der Waals surface area contributed by atoms with Crippen molar-refractivity contribution in [3.63, 3.8) is 0 Å². The van der Waals surface area contributed by atoms with Crippen molar-refractivity contribution in [2.45, 2.75) is 30.1 Å². The van der Waals surface area contributed by atoms with Crippen molar-refractivity contribution < 1.29 is 20.4 Å². The molecule has 33 heavy (non-hydrogen) atoms. The predicted molar refractivity (Wildman–Crippen MR) is 128 cm³/mol. The summed E-state index contributed by atoms with van der Waals surface area (Å²) in [4.78, 5) is 0. The Morgan fingerprint density at radius 2 is 0.576 bits per heavy atom. The summed E-state index contributed by atoms with van der Waals surface area (Å²) in [5.74, 6) is 0.824. The SMILES string of the molecule is Oc1ccc(C2(c3ccc(O)cc3)CCCC2(c2ccc(O)cc2)c2ccc(O)cc2)cc1. The Hall–Kier alpha value is -3.92. The van der Waals surface area contributed by atoms with Gasteiger partial charge in [0.25, 0.3) is 0 Å². The van der Waals surface area contributed by atoms with E-state index in [9.17, 15) is 20.4 Å². The Kier molecular flexibility index (Phi) is 5.01. The molecule has 4 nitrogen and oxygen atoms in total. The van der Waals surface area contributed by atoms with Crippen LogP contribution in [0.5, 0.6) is 23.0 Å². The molecule has 0 radical (unpaired) electrons. The molecule has 0 unspecified atom stereocenters. The first-order valence-electron chi connectivity index (χ1n) is 11.1. The first-order valence-corrected chi connectivity index (χ1v) is 11.1. The summed E-state index contributed by atoms with van der Waals surface area (Å²) in [6.45, 7) is 0. The molecular formula is C29H26O4. The lowest BCUT2D eigenvalue weighted by Crippen LogP contribution is -2.47. The Morgan fingerprint density at radius 3 is 0.788 bits per heavy atom. The number of phenols is 4. The molecule has 5 rings (SSSR count).